The van der Waals surface area contributed by atoms with E-state index in [-0.39, 0.29) is 11.6 Å². The van der Waals surface area contributed by atoms with Gasteiger partial charge in [-0.05, 0) is 33.6 Å². The Bertz CT molecular complexity index is 450. The summed E-state index contributed by atoms with van der Waals surface area (Å²) < 4.78 is 7.18. The molecule has 0 spiro atoms. The van der Waals surface area contributed by atoms with E-state index < -0.39 is 0 Å². The topological polar surface area (TPSA) is 56.1 Å². The first kappa shape index (κ1) is 13.1. The zero-order valence-corrected chi connectivity index (χ0v) is 11.2. The minimum absolute atomic E-state index is 0.0487. The van der Waals surface area contributed by atoms with Crippen LogP contribution in [0.2, 0.25) is 0 Å². The SMILES string of the molecule is CCOC1CC(Nc2nccn(C(C)C)c2=O)C1. The van der Waals surface area contributed by atoms with E-state index in [9.17, 15) is 4.79 Å². The monoisotopic (exact) mass is 251 g/mol. The molecule has 1 aromatic heterocycles. The molecule has 0 amide bonds. The van der Waals surface area contributed by atoms with Gasteiger partial charge >= 0.3 is 0 Å². The molecule has 5 heteroatoms. The number of ether oxygens (including phenoxy) is 1. The van der Waals surface area contributed by atoms with Crippen LogP contribution in [0.1, 0.15) is 39.7 Å². The first-order valence-corrected chi connectivity index (χ1v) is 6.57. The second-order valence-electron chi connectivity index (χ2n) is 4.97. The van der Waals surface area contributed by atoms with Crippen LogP contribution in [-0.4, -0.2) is 28.3 Å². The quantitative estimate of drug-likeness (QED) is 0.867. The largest absolute Gasteiger partial charge is 0.378 e. The van der Waals surface area contributed by atoms with Crippen molar-refractivity contribution >= 4 is 5.82 Å². The number of rotatable bonds is 5. The zero-order chi connectivity index (χ0) is 13.1. The van der Waals surface area contributed by atoms with Crippen LogP contribution in [0.3, 0.4) is 0 Å². The molecule has 1 aliphatic rings. The van der Waals surface area contributed by atoms with Crippen molar-refractivity contribution in [3.05, 3.63) is 22.7 Å². The Labute approximate surface area is 107 Å². The fraction of sp³-hybridized carbons (Fsp3) is 0.692. The fourth-order valence-electron chi connectivity index (χ4n) is 2.18. The van der Waals surface area contributed by atoms with Crippen molar-refractivity contribution in [1.82, 2.24) is 9.55 Å². The predicted molar refractivity (Wildman–Crippen MR) is 70.9 cm³/mol. The van der Waals surface area contributed by atoms with Gasteiger partial charge in [0.1, 0.15) is 0 Å². The Balaban J connectivity index is 1.99. The molecule has 1 heterocycles. The molecule has 1 N–H and O–H groups in total. The number of nitrogens with zero attached hydrogens (tertiary/aromatic N) is 2. The lowest BCUT2D eigenvalue weighted by Crippen LogP contribution is -2.42. The number of hydrogen-bond acceptors (Lipinski definition) is 4. The molecule has 1 aromatic rings. The molecule has 2 rings (SSSR count). The second-order valence-corrected chi connectivity index (χ2v) is 4.97. The van der Waals surface area contributed by atoms with E-state index in [1.165, 1.54) is 0 Å². The molecule has 5 nitrogen and oxygen atoms in total. The van der Waals surface area contributed by atoms with Crippen LogP contribution >= 0.6 is 0 Å². The van der Waals surface area contributed by atoms with Gasteiger partial charge in [0.2, 0.25) is 0 Å². The van der Waals surface area contributed by atoms with Crippen molar-refractivity contribution in [2.45, 2.75) is 51.8 Å². The van der Waals surface area contributed by atoms with Crippen LogP contribution in [0, 0.1) is 0 Å². The van der Waals surface area contributed by atoms with E-state index >= 15 is 0 Å². The van der Waals surface area contributed by atoms with E-state index in [0.29, 0.717) is 18.0 Å². The molecule has 0 aromatic carbocycles. The third-order valence-electron chi connectivity index (χ3n) is 3.26. The normalized spacial score (nSPS) is 22.9. The maximum Gasteiger partial charge on any atom is 0.293 e. The Hall–Kier alpha value is -1.36. The first-order valence-electron chi connectivity index (χ1n) is 6.57. The summed E-state index contributed by atoms with van der Waals surface area (Å²) in [6.45, 7) is 6.72. The van der Waals surface area contributed by atoms with E-state index in [2.05, 4.69) is 10.3 Å². The molecule has 18 heavy (non-hydrogen) atoms. The maximum absolute atomic E-state index is 12.1. The van der Waals surface area contributed by atoms with E-state index in [1.54, 1.807) is 17.0 Å². The standard InChI is InChI=1S/C13H21N3O2/c1-4-18-11-7-10(8-11)15-12-13(17)16(9(2)3)6-5-14-12/h5-6,9-11H,4,7-8H2,1-3H3,(H,14,15). The Kier molecular flexibility index (Phi) is 4.01. The molecule has 1 aliphatic carbocycles. The molecule has 100 valence electrons. The minimum Gasteiger partial charge on any atom is -0.378 e. The number of aromatic nitrogens is 2. The van der Waals surface area contributed by atoms with Crippen molar-refractivity contribution in [3.63, 3.8) is 0 Å². The summed E-state index contributed by atoms with van der Waals surface area (Å²) in [5.41, 5.74) is -0.0487. The van der Waals surface area contributed by atoms with Crippen LogP contribution < -0.4 is 10.9 Å². The lowest BCUT2D eigenvalue weighted by atomic mass is 9.89. The summed E-state index contributed by atoms with van der Waals surface area (Å²) in [5, 5.41) is 3.21. The molecule has 0 radical (unpaired) electrons. The Morgan fingerprint density at radius 2 is 2.28 bits per heavy atom. The summed E-state index contributed by atoms with van der Waals surface area (Å²) in [5.74, 6) is 0.450. The lowest BCUT2D eigenvalue weighted by Gasteiger charge is -2.35. The highest BCUT2D eigenvalue weighted by Gasteiger charge is 2.30. The van der Waals surface area contributed by atoms with Crippen LogP contribution in [0.15, 0.2) is 17.2 Å². The van der Waals surface area contributed by atoms with Crippen LogP contribution in [0.5, 0.6) is 0 Å². The molecule has 1 fully saturated rings. The van der Waals surface area contributed by atoms with Gasteiger partial charge in [-0.1, -0.05) is 0 Å². The van der Waals surface area contributed by atoms with Crippen molar-refractivity contribution in [1.29, 1.82) is 0 Å². The summed E-state index contributed by atoms with van der Waals surface area (Å²) in [4.78, 5) is 16.2. The molecule has 0 bridgehead atoms. The smallest absolute Gasteiger partial charge is 0.293 e. The molecule has 0 atom stereocenters. The summed E-state index contributed by atoms with van der Waals surface area (Å²) in [7, 11) is 0. The van der Waals surface area contributed by atoms with Gasteiger partial charge in [-0.2, -0.15) is 0 Å². The lowest BCUT2D eigenvalue weighted by molar-refractivity contribution is 0.00289. The third-order valence-corrected chi connectivity index (χ3v) is 3.26. The van der Waals surface area contributed by atoms with Gasteiger partial charge in [-0.3, -0.25) is 4.79 Å². The van der Waals surface area contributed by atoms with Crippen molar-refractivity contribution in [3.8, 4) is 0 Å². The van der Waals surface area contributed by atoms with E-state index in [0.717, 1.165) is 19.4 Å². The second kappa shape index (κ2) is 5.52. The number of anilines is 1. The third kappa shape index (κ3) is 2.72. The highest BCUT2D eigenvalue weighted by Crippen LogP contribution is 2.25. The molecular weight excluding hydrogens is 230 g/mol. The van der Waals surface area contributed by atoms with Gasteiger partial charge in [0.15, 0.2) is 5.82 Å². The average Bonchev–Trinajstić information content (AvgIpc) is 2.28. The fourth-order valence-corrected chi connectivity index (χ4v) is 2.18. The predicted octanol–water partition coefficient (Wildman–Crippen LogP) is 1.80. The maximum atomic E-state index is 12.1. The zero-order valence-electron chi connectivity index (χ0n) is 11.2. The molecular formula is C13H21N3O2. The number of nitrogens with one attached hydrogen (secondary N) is 1. The van der Waals surface area contributed by atoms with Gasteiger partial charge in [-0.25, -0.2) is 4.98 Å². The van der Waals surface area contributed by atoms with Crippen LogP contribution in [0.25, 0.3) is 0 Å². The van der Waals surface area contributed by atoms with Gasteiger partial charge < -0.3 is 14.6 Å². The summed E-state index contributed by atoms with van der Waals surface area (Å²) in [6.07, 6.45) is 5.63. The molecule has 0 unspecified atom stereocenters. The molecule has 0 saturated heterocycles. The van der Waals surface area contributed by atoms with Gasteiger partial charge in [0, 0.05) is 31.1 Å². The van der Waals surface area contributed by atoms with Crippen molar-refractivity contribution in [2.75, 3.05) is 11.9 Å². The molecule has 1 saturated carbocycles. The molecule has 0 aliphatic heterocycles. The van der Waals surface area contributed by atoms with Gasteiger partial charge in [0.25, 0.3) is 5.56 Å². The van der Waals surface area contributed by atoms with Gasteiger partial charge in [-0.15, -0.1) is 0 Å². The van der Waals surface area contributed by atoms with Gasteiger partial charge in [0.05, 0.1) is 6.10 Å². The minimum atomic E-state index is -0.0487. The highest BCUT2D eigenvalue weighted by atomic mass is 16.5. The highest BCUT2D eigenvalue weighted by molar-refractivity contribution is 5.33. The van der Waals surface area contributed by atoms with Crippen LogP contribution in [-0.2, 0) is 4.74 Å². The summed E-state index contributed by atoms with van der Waals surface area (Å²) in [6, 6.07) is 0.461. The summed E-state index contributed by atoms with van der Waals surface area (Å²) >= 11 is 0. The first-order chi connectivity index (χ1) is 8.61. The van der Waals surface area contributed by atoms with Crippen LogP contribution in [0.4, 0.5) is 5.82 Å². The van der Waals surface area contributed by atoms with E-state index in [1.807, 2.05) is 20.8 Å². The Morgan fingerprint density at radius 1 is 1.56 bits per heavy atom. The van der Waals surface area contributed by atoms with E-state index in [4.69, 9.17) is 4.74 Å². The number of hydrogen-bond donors (Lipinski definition) is 1. The van der Waals surface area contributed by atoms with Crippen molar-refractivity contribution < 1.29 is 4.74 Å². The average molecular weight is 251 g/mol. The Morgan fingerprint density at radius 3 is 2.89 bits per heavy atom. The van der Waals surface area contributed by atoms with Crippen molar-refractivity contribution in [2.24, 2.45) is 0 Å².